The Morgan fingerprint density at radius 1 is 1.27 bits per heavy atom. The number of methoxy groups -OCH3 is 1. The molecule has 0 bridgehead atoms. The Labute approximate surface area is 153 Å². The van der Waals surface area contributed by atoms with Crippen LogP contribution in [0.1, 0.15) is 31.7 Å². The molecule has 3 heterocycles. The number of aliphatic hydroxyl groups is 2. The number of hydrogen-bond donors (Lipinski definition) is 2. The summed E-state index contributed by atoms with van der Waals surface area (Å²) >= 11 is 0. The highest BCUT2D eigenvalue weighted by Gasteiger charge is 2.48. The molecule has 0 aliphatic carbocycles. The zero-order chi connectivity index (χ0) is 18.4. The van der Waals surface area contributed by atoms with E-state index in [4.69, 9.17) is 18.9 Å². The van der Waals surface area contributed by atoms with Gasteiger partial charge in [0, 0.05) is 26.1 Å². The maximum atomic E-state index is 10.4. The van der Waals surface area contributed by atoms with Crippen molar-refractivity contribution in [2.24, 2.45) is 0 Å². The van der Waals surface area contributed by atoms with Crippen LogP contribution >= 0.6 is 0 Å². The molecule has 0 unspecified atom stereocenters. The molecular weight excluding hydrogens is 338 g/mol. The molecule has 0 amide bonds. The minimum Gasteiger partial charge on any atom is -0.493 e. The predicted molar refractivity (Wildman–Crippen MR) is 93.6 cm³/mol. The van der Waals surface area contributed by atoms with Gasteiger partial charge in [-0.3, -0.25) is 4.90 Å². The van der Waals surface area contributed by atoms with Gasteiger partial charge in [-0.1, -0.05) is 0 Å². The molecule has 26 heavy (non-hydrogen) atoms. The van der Waals surface area contributed by atoms with E-state index >= 15 is 0 Å². The number of piperidine rings is 1. The third kappa shape index (κ3) is 3.24. The molecule has 1 aromatic carbocycles. The number of aliphatic hydroxyl groups excluding tert-OH is 1. The lowest BCUT2D eigenvalue weighted by atomic mass is 9.76. The monoisotopic (exact) mass is 365 g/mol. The molecular formula is C19H27NO6. The van der Waals surface area contributed by atoms with E-state index < -0.39 is 11.7 Å². The van der Waals surface area contributed by atoms with Crippen LogP contribution in [0.5, 0.6) is 17.2 Å². The quantitative estimate of drug-likeness (QED) is 0.835. The van der Waals surface area contributed by atoms with Gasteiger partial charge in [0.2, 0.25) is 12.5 Å². The van der Waals surface area contributed by atoms with E-state index in [1.165, 1.54) is 0 Å². The van der Waals surface area contributed by atoms with Gasteiger partial charge in [-0.25, -0.2) is 0 Å². The maximum Gasteiger partial charge on any atom is 0.231 e. The van der Waals surface area contributed by atoms with Gasteiger partial charge < -0.3 is 29.2 Å². The number of benzene rings is 1. The van der Waals surface area contributed by atoms with Crippen molar-refractivity contribution >= 4 is 0 Å². The highest BCUT2D eigenvalue weighted by Crippen LogP contribution is 2.43. The molecule has 3 aliphatic heterocycles. The van der Waals surface area contributed by atoms with Crippen LogP contribution in [0.15, 0.2) is 12.1 Å². The number of ether oxygens (including phenoxy) is 4. The van der Waals surface area contributed by atoms with Gasteiger partial charge >= 0.3 is 0 Å². The van der Waals surface area contributed by atoms with Crippen molar-refractivity contribution in [2.45, 2.75) is 50.0 Å². The molecule has 0 aromatic heterocycles. The average Bonchev–Trinajstić information content (AvgIpc) is 3.08. The van der Waals surface area contributed by atoms with Crippen molar-refractivity contribution in [2.75, 3.05) is 33.6 Å². The molecule has 0 saturated carbocycles. The van der Waals surface area contributed by atoms with E-state index in [1.807, 2.05) is 12.1 Å². The standard InChI is InChI=1S/C19H27NO6/c1-18(22)11-19(26-10-16(18)21)3-5-20(6-4-19)9-13-7-14(23-2)17-15(8-13)24-12-25-17/h7-8,16,21-22H,3-6,9-12H2,1-2H3/t16-,18-/m0/s1. The zero-order valence-electron chi connectivity index (χ0n) is 15.4. The number of fused-ring (bicyclic) bond motifs is 1. The van der Waals surface area contributed by atoms with Crippen LogP contribution in [0.25, 0.3) is 0 Å². The Morgan fingerprint density at radius 3 is 2.73 bits per heavy atom. The van der Waals surface area contributed by atoms with E-state index in [0.29, 0.717) is 17.9 Å². The SMILES string of the molecule is COc1cc(CN2CCC3(CC2)C[C@](C)(O)[C@@H](O)CO3)cc2c1OCO2. The normalized spacial score (nSPS) is 30.5. The molecule has 2 saturated heterocycles. The highest BCUT2D eigenvalue weighted by atomic mass is 16.7. The fourth-order valence-corrected chi connectivity index (χ4v) is 4.23. The number of hydrogen-bond acceptors (Lipinski definition) is 7. The Balaban J connectivity index is 1.40. The van der Waals surface area contributed by atoms with E-state index in [-0.39, 0.29) is 19.0 Å². The predicted octanol–water partition coefficient (Wildman–Crippen LogP) is 1.29. The van der Waals surface area contributed by atoms with Crippen LogP contribution in [0.2, 0.25) is 0 Å². The molecule has 2 N–H and O–H groups in total. The molecule has 1 aromatic rings. The number of nitrogens with zero attached hydrogens (tertiary/aromatic N) is 1. The van der Waals surface area contributed by atoms with Crippen molar-refractivity contribution in [1.29, 1.82) is 0 Å². The van der Waals surface area contributed by atoms with E-state index in [9.17, 15) is 10.2 Å². The van der Waals surface area contributed by atoms with Gasteiger partial charge in [-0.05, 0) is 37.5 Å². The lowest BCUT2D eigenvalue weighted by Crippen LogP contribution is -2.59. The molecule has 7 heteroatoms. The van der Waals surface area contributed by atoms with Crippen molar-refractivity contribution in [3.8, 4) is 17.2 Å². The maximum absolute atomic E-state index is 10.4. The lowest BCUT2D eigenvalue weighted by molar-refractivity contribution is -0.223. The van der Waals surface area contributed by atoms with Crippen molar-refractivity contribution in [3.63, 3.8) is 0 Å². The fraction of sp³-hybridized carbons (Fsp3) is 0.684. The zero-order valence-corrected chi connectivity index (χ0v) is 15.4. The summed E-state index contributed by atoms with van der Waals surface area (Å²) in [5.74, 6) is 2.10. The van der Waals surface area contributed by atoms with Gasteiger partial charge in [-0.2, -0.15) is 0 Å². The van der Waals surface area contributed by atoms with Crippen molar-refractivity contribution < 1.29 is 29.2 Å². The first-order valence-corrected chi connectivity index (χ1v) is 9.14. The van der Waals surface area contributed by atoms with Crippen molar-refractivity contribution in [3.05, 3.63) is 17.7 Å². The molecule has 4 rings (SSSR count). The third-order valence-corrected chi connectivity index (χ3v) is 5.84. The molecule has 2 fully saturated rings. The Hall–Kier alpha value is -1.54. The molecule has 144 valence electrons. The van der Waals surface area contributed by atoms with Gasteiger partial charge in [-0.15, -0.1) is 0 Å². The van der Waals surface area contributed by atoms with E-state index in [1.54, 1.807) is 14.0 Å². The number of rotatable bonds is 3. The summed E-state index contributed by atoms with van der Waals surface area (Å²) in [7, 11) is 1.63. The molecule has 3 aliphatic rings. The van der Waals surface area contributed by atoms with Crippen molar-refractivity contribution in [1.82, 2.24) is 4.90 Å². The van der Waals surface area contributed by atoms with E-state index in [2.05, 4.69) is 4.90 Å². The molecule has 0 radical (unpaired) electrons. The Kier molecular flexibility index (Phi) is 4.51. The van der Waals surface area contributed by atoms with Gasteiger partial charge in [0.1, 0.15) is 6.10 Å². The van der Waals surface area contributed by atoms with E-state index in [0.717, 1.165) is 43.8 Å². The summed E-state index contributed by atoms with van der Waals surface area (Å²) in [6.45, 7) is 4.68. The van der Waals surface area contributed by atoms with Crippen LogP contribution in [0, 0.1) is 0 Å². The molecule has 1 spiro atoms. The average molecular weight is 365 g/mol. The summed E-state index contributed by atoms with van der Waals surface area (Å²) in [5, 5.41) is 20.3. The van der Waals surface area contributed by atoms with Crippen LogP contribution in [0.3, 0.4) is 0 Å². The Morgan fingerprint density at radius 2 is 2.04 bits per heavy atom. The Bertz CT molecular complexity index is 668. The first-order chi connectivity index (χ1) is 12.4. The van der Waals surface area contributed by atoms with Crippen LogP contribution < -0.4 is 14.2 Å². The fourth-order valence-electron chi connectivity index (χ4n) is 4.23. The van der Waals surface area contributed by atoms with Crippen LogP contribution in [0.4, 0.5) is 0 Å². The lowest BCUT2D eigenvalue weighted by Gasteiger charge is -2.50. The molecule has 7 nitrogen and oxygen atoms in total. The topological polar surface area (TPSA) is 80.6 Å². The first kappa shape index (κ1) is 17.9. The summed E-state index contributed by atoms with van der Waals surface area (Å²) < 4.78 is 22.3. The minimum absolute atomic E-state index is 0.201. The van der Waals surface area contributed by atoms with Gasteiger partial charge in [0.15, 0.2) is 11.5 Å². The summed E-state index contributed by atoms with van der Waals surface area (Å²) in [6.07, 6.45) is 1.36. The summed E-state index contributed by atoms with van der Waals surface area (Å²) in [4.78, 5) is 2.37. The second-order valence-electron chi connectivity index (χ2n) is 7.85. The second kappa shape index (κ2) is 6.56. The largest absolute Gasteiger partial charge is 0.493 e. The molecule has 2 atom stereocenters. The van der Waals surface area contributed by atoms with Crippen LogP contribution in [-0.2, 0) is 11.3 Å². The minimum atomic E-state index is -1.08. The van der Waals surface area contributed by atoms with Crippen LogP contribution in [-0.4, -0.2) is 66.0 Å². The third-order valence-electron chi connectivity index (χ3n) is 5.84. The smallest absolute Gasteiger partial charge is 0.231 e. The number of likely N-dealkylation sites (tertiary alicyclic amines) is 1. The second-order valence-corrected chi connectivity index (χ2v) is 7.85. The first-order valence-electron chi connectivity index (χ1n) is 9.14. The highest BCUT2D eigenvalue weighted by molar-refractivity contribution is 5.55. The van der Waals surface area contributed by atoms with Gasteiger partial charge in [0.25, 0.3) is 0 Å². The van der Waals surface area contributed by atoms with Gasteiger partial charge in [0.05, 0.1) is 24.9 Å². The summed E-state index contributed by atoms with van der Waals surface area (Å²) in [5.41, 5.74) is -0.286. The summed E-state index contributed by atoms with van der Waals surface area (Å²) in [6, 6.07) is 4.00.